The van der Waals surface area contributed by atoms with Crippen LogP contribution in [0, 0.1) is 5.92 Å². The van der Waals surface area contributed by atoms with E-state index >= 15 is 0 Å². The van der Waals surface area contributed by atoms with Crippen molar-refractivity contribution in [2.75, 3.05) is 22.9 Å². The molecule has 5 heteroatoms. The Bertz CT molecular complexity index is 399. The highest BCUT2D eigenvalue weighted by Crippen LogP contribution is 2.26. The first-order valence-corrected chi connectivity index (χ1v) is 7.32. The van der Waals surface area contributed by atoms with Crippen LogP contribution in [0.1, 0.15) is 46.0 Å². The van der Waals surface area contributed by atoms with Gasteiger partial charge in [-0.05, 0) is 38.0 Å². The predicted molar refractivity (Wildman–Crippen MR) is 80.3 cm³/mol. The zero-order chi connectivity index (χ0) is 13.7. The molecule has 1 heterocycles. The SMILES string of the molecule is CCCNc1cc(NC2CCC(C)CC2)nc(N)n1. The van der Waals surface area contributed by atoms with Crippen LogP contribution in [0.4, 0.5) is 17.6 Å². The highest BCUT2D eigenvalue weighted by molar-refractivity contribution is 5.51. The lowest BCUT2D eigenvalue weighted by Crippen LogP contribution is -2.26. The third-order valence-electron chi connectivity index (χ3n) is 3.67. The van der Waals surface area contributed by atoms with Gasteiger partial charge >= 0.3 is 0 Å². The molecule has 0 aliphatic heterocycles. The topological polar surface area (TPSA) is 75.9 Å². The summed E-state index contributed by atoms with van der Waals surface area (Å²) in [5.74, 6) is 2.83. The molecule has 0 aromatic carbocycles. The molecule has 0 atom stereocenters. The Kier molecular flexibility index (Phi) is 4.82. The molecule has 1 saturated carbocycles. The molecule has 0 unspecified atom stereocenters. The minimum atomic E-state index is 0.327. The van der Waals surface area contributed by atoms with Crippen LogP contribution in [-0.2, 0) is 0 Å². The highest BCUT2D eigenvalue weighted by atomic mass is 15.1. The number of hydrogen-bond acceptors (Lipinski definition) is 5. The summed E-state index contributed by atoms with van der Waals surface area (Å²) >= 11 is 0. The van der Waals surface area contributed by atoms with Gasteiger partial charge in [-0.15, -0.1) is 0 Å². The molecule has 19 heavy (non-hydrogen) atoms. The number of nitrogens with one attached hydrogen (secondary N) is 2. The van der Waals surface area contributed by atoms with Gasteiger partial charge in [0.1, 0.15) is 11.6 Å². The van der Waals surface area contributed by atoms with Crippen molar-refractivity contribution in [2.45, 2.75) is 52.0 Å². The number of hydrogen-bond donors (Lipinski definition) is 3. The second-order valence-electron chi connectivity index (χ2n) is 5.52. The van der Waals surface area contributed by atoms with Gasteiger partial charge in [0.05, 0.1) is 0 Å². The van der Waals surface area contributed by atoms with Gasteiger partial charge in [0.2, 0.25) is 5.95 Å². The van der Waals surface area contributed by atoms with Crippen molar-refractivity contribution in [3.63, 3.8) is 0 Å². The summed E-state index contributed by atoms with van der Waals surface area (Å²) in [6.07, 6.45) is 6.07. The summed E-state index contributed by atoms with van der Waals surface area (Å²) in [7, 11) is 0. The van der Waals surface area contributed by atoms with Crippen LogP contribution in [0.25, 0.3) is 0 Å². The maximum atomic E-state index is 5.76. The van der Waals surface area contributed by atoms with E-state index in [0.717, 1.165) is 30.5 Å². The molecule has 0 bridgehead atoms. The molecule has 1 aromatic rings. The van der Waals surface area contributed by atoms with Crippen LogP contribution in [-0.4, -0.2) is 22.6 Å². The van der Waals surface area contributed by atoms with E-state index in [4.69, 9.17) is 5.73 Å². The lowest BCUT2D eigenvalue weighted by Gasteiger charge is -2.27. The molecule has 1 aromatic heterocycles. The van der Waals surface area contributed by atoms with Crippen LogP contribution in [0.15, 0.2) is 6.07 Å². The third kappa shape index (κ3) is 4.26. The zero-order valence-electron chi connectivity index (χ0n) is 11.9. The van der Waals surface area contributed by atoms with E-state index in [1.165, 1.54) is 25.7 Å². The highest BCUT2D eigenvalue weighted by Gasteiger charge is 2.18. The Morgan fingerprint density at radius 2 is 1.89 bits per heavy atom. The first-order valence-electron chi connectivity index (χ1n) is 7.32. The first kappa shape index (κ1) is 13.9. The summed E-state index contributed by atoms with van der Waals surface area (Å²) in [6, 6.07) is 2.47. The molecular weight excluding hydrogens is 238 g/mol. The van der Waals surface area contributed by atoms with Crippen molar-refractivity contribution < 1.29 is 0 Å². The lowest BCUT2D eigenvalue weighted by molar-refractivity contribution is 0.361. The summed E-state index contributed by atoms with van der Waals surface area (Å²) < 4.78 is 0. The van der Waals surface area contributed by atoms with Gasteiger partial charge in [-0.1, -0.05) is 13.8 Å². The van der Waals surface area contributed by atoms with E-state index in [0.29, 0.717) is 12.0 Å². The summed E-state index contributed by atoms with van der Waals surface area (Å²) in [5, 5.41) is 6.74. The molecule has 1 fully saturated rings. The average Bonchev–Trinajstić information content (AvgIpc) is 2.38. The number of nitrogens with two attached hydrogens (primary N) is 1. The van der Waals surface area contributed by atoms with Crippen molar-refractivity contribution >= 4 is 17.6 Å². The van der Waals surface area contributed by atoms with E-state index in [-0.39, 0.29) is 0 Å². The molecule has 1 aliphatic carbocycles. The smallest absolute Gasteiger partial charge is 0.223 e. The van der Waals surface area contributed by atoms with Gasteiger partial charge in [0, 0.05) is 18.7 Å². The van der Waals surface area contributed by atoms with Gasteiger partial charge in [0.15, 0.2) is 0 Å². The number of nitrogens with zero attached hydrogens (tertiary/aromatic N) is 2. The molecule has 1 aliphatic rings. The van der Waals surface area contributed by atoms with E-state index in [9.17, 15) is 0 Å². The van der Waals surface area contributed by atoms with Crippen LogP contribution < -0.4 is 16.4 Å². The molecule has 5 nitrogen and oxygen atoms in total. The second kappa shape index (κ2) is 6.59. The van der Waals surface area contributed by atoms with E-state index in [1.54, 1.807) is 0 Å². The Morgan fingerprint density at radius 1 is 1.21 bits per heavy atom. The average molecular weight is 263 g/mol. The standard InChI is InChI=1S/C14H25N5/c1-3-8-16-12-9-13(19-14(15)18-12)17-11-6-4-10(2)5-7-11/h9-11H,3-8H2,1-2H3,(H4,15,16,17,18,19). The molecular formula is C14H25N5. The van der Waals surface area contributed by atoms with Crippen molar-refractivity contribution in [1.29, 1.82) is 0 Å². The van der Waals surface area contributed by atoms with Crippen LogP contribution in [0.5, 0.6) is 0 Å². The fourth-order valence-electron chi connectivity index (χ4n) is 2.50. The molecule has 0 spiro atoms. The third-order valence-corrected chi connectivity index (χ3v) is 3.67. The second-order valence-corrected chi connectivity index (χ2v) is 5.52. The lowest BCUT2D eigenvalue weighted by atomic mass is 9.87. The summed E-state index contributed by atoms with van der Waals surface area (Å²) in [4.78, 5) is 8.46. The largest absolute Gasteiger partial charge is 0.370 e. The van der Waals surface area contributed by atoms with Gasteiger partial charge < -0.3 is 16.4 Å². The van der Waals surface area contributed by atoms with Gasteiger partial charge in [0.25, 0.3) is 0 Å². The van der Waals surface area contributed by atoms with Gasteiger partial charge in [-0.25, -0.2) is 0 Å². The van der Waals surface area contributed by atoms with Crippen molar-refractivity contribution in [3.8, 4) is 0 Å². The molecule has 4 N–H and O–H groups in total. The maximum Gasteiger partial charge on any atom is 0.223 e. The van der Waals surface area contributed by atoms with Crippen LogP contribution in [0.3, 0.4) is 0 Å². The fourth-order valence-corrected chi connectivity index (χ4v) is 2.50. The Hall–Kier alpha value is -1.52. The van der Waals surface area contributed by atoms with E-state index in [1.807, 2.05) is 6.07 Å². The summed E-state index contributed by atoms with van der Waals surface area (Å²) in [5.41, 5.74) is 5.76. The minimum absolute atomic E-state index is 0.327. The van der Waals surface area contributed by atoms with Crippen LogP contribution in [0.2, 0.25) is 0 Å². The predicted octanol–water partition coefficient (Wildman–Crippen LogP) is 2.87. The zero-order valence-corrected chi connectivity index (χ0v) is 11.9. The Morgan fingerprint density at radius 3 is 2.58 bits per heavy atom. The quantitative estimate of drug-likeness (QED) is 0.761. The van der Waals surface area contributed by atoms with Crippen molar-refractivity contribution in [3.05, 3.63) is 6.07 Å². The number of rotatable bonds is 5. The minimum Gasteiger partial charge on any atom is -0.370 e. The molecule has 0 amide bonds. The Labute approximate surface area is 115 Å². The van der Waals surface area contributed by atoms with E-state index in [2.05, 4.69) is 34.4 Å². The molecule has 0 saturated heterocycles. The maximum absolute atomic E-state index is 5.76. The first-order chi connectivity index (χ1) is 9.17. The van der Waals surface area contributed by atoms with Gasteiger partial charge in [-0.3, -0.25) is 0 Å². The van der Waals surface area contributed by atoms with Crippen molar-refractivity contribution in [2.24, 2.45) is 5.92 Å². The van der Waals surface area contributed by atoms with Gasteiger partial charge in [-0.2, -0.15) is 9.97 Å². The monoisotopic (exact) mass is 263 g/mol. The number of aromatic nitrogens is 2. The Balaban J connectivity index is 1.97. The number of nitrogen functional groups attached to an aromatic ring is 1. The molecule has 0 radical (unpaired) electrons. The van der Waals surface area contributed by atoms with E-state index < -0.39 is 0 Å². The fraction of sp³-hybridized carbons (Fsp3) is 0.714. The normalized spacial score (nSPS) is 23.1. The van der Waals surface area contributed by atoms with Crippen molar-refractivity contribution in [1.82, 2.24) is 9.97 Å². The molecule has 106 valence electrons. The van der Waals surface area contributed by atoms with Crippen LogP contribution >= 0.6 is 0 Å². The summed E-state index contributed by atoms with van der Waals surface area (Å²) in [6.45, 7) is 5.35. The molecule has 2 rings (SSSR count). The number of anilines is 3.